The van der Waals surface area contributed by atoms with Crippen LogP contribution in [0.3, 0.4) is 0 Å². The van der Waals surface area contributed by atoms with E-state index in [2.05, 4.69) is 20.8 Å². The number of rotatable bonds is 57. The van der Waals surface area contributed by atoms with Gasteiger partial charge in [0, 0.05) is 19.3 Å². The SMILES string of the molecule is CCCCCCCCCCCCCCCCCCCCCCCC(=O)OC[C@H](COC(=O)CCCCCCCCCCCCCCC)OC(=O)CCCCCCCCCCCCCCCCC. The third-order valence-electron chi connectivity index (χ3n) is 14.1. The Bertz CT molecular complexity index is 998. The number of ether oxygens (including phenoxy) is 3. The van der Waals surface area contributed by atoms with Crippen molar-refractivity contribution < 1.29 is 28.6 Å². The van der Waals surface area contributed by atoms with Gasteiger partial charge in [-0.2, -0.15) is 0 Å². The number of hydrogen-bond donors (Lipinski definition) is 0. The van der Waals surface area contributed by atoms with Crippen molar-refractivity contribution in [3.05, 3.63) is 0 Å². The van der Waals surface area contributed by atoms with Crippen molar-refractivity contribution in [3.63, 3.8) is 0 Å². The van der Waals surface area contributed by atoms with E-state index in [1.165, 1.54) is 257 Å². The van der Waals surface area contributed by atoms with Crippen molar-refractivity contribution in [2.75, 3.05) is 13.2 Å². The van der Waals surface area contributed by atoms with E-state index < -0.39 is 6.10 Å². The van der Waals surface area contributed by atoms with Crippen LogP contribution in [-0.4, -0.2) is 37.2 Å². The summed E-state index contributed by atoms with van der Waals surface area (Å²) in [4.78, 5) is 38.2. The Kier molecular flexibility index (Phi) is 55.6. The zero-order valence-electron chi connectivity index (χ0n) is 45.7. The molecule has 1 atom stereocenters. The van der Waals surface area contributed by atoms with E-state index in [1.807, 2.05) is 0 Å². The normalized spacial score (nSPS) is 11.9. The molecular weight excluding hydrogens is 829 g/mol. The maximum absolute atomic E-state index is 12.9. The lowest BCUT2D eigenvalue weighted by Gasteiger charge is -2.18. The summed E-state index contributed by atoms with van der Waals surface area (Å²) in [7, 11) is 0. The van der Waals surface area contributed by atoms with E-state index in [0.29, 0.717) is 19.3 Å². The molecule has 0 saturated heterocycles. The third kappa shape index (κ3) is 55.2. The first-order valence-corrected chi connectivity index (χ1v) is 30.5. The Balaban J connectivity index is 4.23. The van der Waals surface area contributed by atoms with Crippen LogP contribution in [0, 0.1) is 0 Å². The first kappa shape index (κ1) is 65.4. The van der Waals surface area contributed by atoms with Crippen molar-refractivity contribution >= 4 is 17.9 Å². The molecule has 0 radical (unpaired) electrons. The summed E-state index contributed by atoms with van der Waals surface area (Å²) < 4.78 is 16.9. The minimum atomic E-state index is -0.761. The van der Waals surface area contributed by atoms with Gasteiger partial charge in [0.15, 0.2) is 6.10 Å². The van der Waals surface area contributed by atoms with Crippen LogP contribution in [-0.2, 0) is 28.6 Å². The maximum atomic E-state index is 12.9. The summed E-state index contributed by atoms with van der Waals surface area (Å²) >= 11 is 0. The highest BCUT2D eigenvalue weighted by Crippen LogP contribution is 2.18. The molecule has 6 nitrogen and oxygen atoms in total. The van der Waals surface area contributed by atoms with E-state index in [-0.39, 0.29) is 31.1 Å². The topological polar surface area (TPSA) is 78.9 Å². The lowest BCUT2D eigenvalue weighted by atomic mass is 10.0. The van der Waals surface area contributed by atoms with E-state index in [1.54, 1.807) is 0 Å². The molecule has 0 aromatic rings. The fourth-order valence-electron chi connectivity index (χ4n) is 9.51. The molecule has 0 aliphatic heterocycles. The Morgan fingerprint density at radius 2 is 0.403 bits per heavy atom. The molecule has 67 heavy (non-hydrogen) atoms. The Morgan fingerprint density at radius 3 is 0.597 bits per heavy atom. The van der Waals surface area contributed by atoms with Gasteiger partial charge < -0.3 is 14.2 Å². The number of hydrogen-bond acceptors (Lipinski definition) is 6. The number of carbonyl (C=O) groups excluding carboxylic acids is 3. The van der Waals surface area contributed by atoms with Gasteiger partial charge in [-0.1, -0.05) is 316 Å². The van der Waals surface area contributed by atoms with Crippen LogP contribution in [0.2, 0.25) is 0 Å². The molecule has 0 fully saturated rings. The van der Waals surface area contributed by atoms with Crippen molar-refractivity contribution in [1.82, 2.24) is 0 Å². The molecule has 0 aromatic carbocycles. The molecule has 0 rings (SSSR count). The molecule has 0 amide bonds. The highest BCUT2D eigenvalue weighted by Gasteiger charge is 2.19. The highest BCUT2D eigenvalue weighted by molar-refractivity contribution is 5.71. The summed E-state index contributed by atoms with van der Waals surface area (Å²) in [6, 6.07) is 0. The molecule has 0 spiro atoms. The van der Waals surface area contributed by atoms with Crippen molar-refractivity contribution in [3.8, 4) is 0 Å². The van der Waals surface area contributed by atoms with Crippen molar-refractivity contribution in [2.45, 2.75) is 361 Å². The molecule has 0 bridgehead atoms. The molecule has 0 N–H and O–H groups in total. The molecule has 0 aliphatic rings. The van der Waals surface area contributed by atoms with Crippen molar-refractivity contribution in [1.29, 1.82) is 0 Å². The summed E-state index contributed by atoms with van der Waals surface area (Å²) in [5, 5.41) is 0. The average molecular weight is 948 g/mol. The lowest BCUT2D eigenvalue weighted by Crippen LogP contribution is -2.30. The highest BCUT2D eigenvalue weighted by atomic mass is 16.6. The lowest BCUT2D eigenvalue weighted by molar-refractivity contribution is -0.167. The fourth-order valence-corrected chi connectivity index (χ4v) is 9.51. The molecule has 0 heterocycles. The fraction of sp³-hybridized carbons (Fsp3) is 0.951. The molecule has 0 unspecified atom stereocenters. The first-order chi connectivity index (χ1) is 33.0. The van der Waals surface area contributed by atoms with Gasteiger partial charge in [-0.25, -0.2) is 0 Å². The van der Waals surface area contributed by atoms with Crippen LogP contribution in [0.25, 0.3) is 0 Å². The summed E-state index contributed by atoms with van der Waals surface area (Å²) in [6.45, 7) is 6.72. The minimum Gasteiger partial charge on any atom is -0.462 e. The third-order valence-corrected chi connectivity index (χ3v) is 14.1. The summed E-state index contributed by atoms with van der Waals surface area (Å²) in [5.41, 5.74) is 0. The van der Waals surface area contributed by atoms with Crippen LogP contribution in [0.4, 0.5) is 0 Å². The molecule has 6 heteroatoms. The molecule has 398 valence electrons. The van der Waals surface area contributed by atoms with Gasteiger partial charge in [-0.05, 0) is 19.3 Å². The first-order valence-electron chi connectivity index (χ1n) is 30.5. The zero-order chi connectivity index (χ0) is 48.6. The average Bonchev–Trinajstić information content (AvgIpc) is 3.33. The number of carbonyl (C=O) groups is 3. The zero-order valence-corrected chi connectivity index (χ0v) is 45.7. The predicted octanol–water partition coefficient (Wildman–Crippen LogP) is 20.3. The van der Waals surface area contributed by atoms with Crippen LogP contribution in [0.15, 0.2) is 0 Å². The van der Waals surface area contributed by atoms with E-state index in [4.69, 9.17) is 14.2 Å². The maximum Gasteiger partial charge on any atom is 0.306 e. The number of esters is 3. The van der Waals surface area contributed by atoms with Gasteiger partial charge in [-0.3, -0.25) is 14.4 Å². The second kappa shape index (κ2) is 57.0. The number of unbranched alkanes of at least 4 members (excludes halogenated alkanes) is 46. The van der Waals surface area contributed by atoms with Crippen LogP contribution in [0.5, 0.6) is 0 Å². The second-order valence-corrected chi connectivity index (χ2v) is 21.0. The standard InChI is InChI=1S/C61H118O6/c1-4-7-10-13-16-19-22-25-27-28-29-30-31-32-34-36-39-42-45-48-51-54-60(63)66-57-58(56-65-59(62)53-50-47-44-41-38-35-24-21-18-15-12-9-6-3)67-61(64)55-52-49-46-43-40-37-33-26-23-20-17-14-11-8-5-2/h58H,4-57H2,1-3H3/t58-/m0/s1. The van der Waals surface area contributed by atoms with Gasteiger partial charge in [0.05, 0.1) is 0 Å². The monoisotopic (exact) mass is 947 g/mol. The van der Waals surface area contributed by atoms with Crippen molar-refractivity contribution in [2.24, 2.45) is 0 Å². The second-order valence-electron chi connectivity index (χ2n) is 21.0. The molecule has 0 aromatic heterocycles. The van der Waals surface area contributed by atoms with Crippen LogP contribution < -0.4 is 0 Å². The molecule has 0 aliphatic carbocycles. The van der Waals surface area contributed by atoms with Gasteiger partial charge in [-0.15, -0.1) is 0 Å². The summed E-state index contributed by atoms with van der Waals surface area (Å²) in [6.07, 6.45) is 63.9. The predicted molar refractivity (Wildman–Crippen MR) is 289 cm³/mol. The van der Waals surface area contributed by atoms with Gasteiger partial charge in [0.2, 0.25) is 0 Å². The van der Waals surface area contributed by atoms with Crippen LogP contribution >= 0.6 is 0 Å². The van der Waals surface area contributed by atoms with E-state index in [0.717, 1.165) is 57.8 Å². The Hall–Kier alpha value is -1.59. The van der Waals surface area contributed by atoms with Crippen LogP contribution in [0.1, 0.15) is 355 Å². The van der Waals surface area contributed by atoms with E-state index >= 15 is 0 Å². The Labute approximate surface area is 418 Å². The molecule has 0 saturated carbocycles. The van der Waals surface area contributed by atoms with Gasteiger partial charge in [0.25, 0.3) is 0 Å². The smallest absolute Gasteiger partial charge is 0.306 e. The largest absolute Gasteiger partial charge is 0.462 e. The Morgan fingerprint density at radius 1 is 0.239 bits per heavy atom. The van der Waals surface area contributed by atoms with Gasteiger partial charge >= 0.3 is 17.9 Å². The van der Waals surface area contributed by atoms with E-state index in [9.17, 15) is 14.4 Å². The van der Waals surface area contributed by atoms with Gasteiger partial charge in [0.1, 0.15) is 13.2 Å². The quantitative estimate of drug-likeness (QED) is 0.0343. The summed E-state index contributed by atoms with van der Waals surface area (Å²) in [5.74, 6) is -0.829. The minimum absolute atomic E-state index is 0.0608. The molecular formula is C61H118O6.